The van der Waals surface area contributed by atoms with E-state index in [4.69, 9.17) is 4.74 Å². The first-order valence-corrected chi connectivity index (χ1v) is 7.24. The molecule has 1 aliphatic carbocycles. The highest BCUT2D eigenvalue weighted by Crippen LogP contribution is 2.36. The van der Waals surface area contributed by atoms with E-state index in [-0.39, 0.29) is 0 Å². The predicted molar refractivity (Wildman–Crippen MR) is 80.0 cm³/mol. The minimum Gasteiger partial charge on any atom is -0.494 e. The van der Waals surface area contributed by atoms with Gasteiger partial charge in [0.25, 0.3) is 0 Å². The van der Waals surface area contributed by atoms with Gasteiger partial charge in [-0.1, -0.05) is 36.4 Å². The maximum absolute atomic E-state index is 11.0. The second-order valence-corrected chi connectivity index (χ2v) is 5.43. The first-order valence-electron chi connectivity index (χ1n) is 7.24. The quantitative estimate of drug-likeness (QED) is 0.923. The van der Waals surface area contributed by atoms with Crippen LogP contribution in [0.25, 0.3) is 0 Å². The van der Waals surface area contributed by atoms with Crippen LogP contribution in [0.2, 0.25) is 0 Å². The van der Waals surface area contributed by atoms with Crippen LogP contribution in [-0.2, 0) is 18.4 Å². The molecule has 1 aliphatic rings. The van der Waals surface area contributed by atoms with E-state index in [0.717, 1.165) is 24.2 Å². The van der Waals surface area contributed by atoms with Crippen molar-refractivity contribution in [2.24, 2.45) is 0 Å². The van der Waals surface area contributed by atoms with Crippen LogP contribution < -0.4 is 4.74 Å². The molecule has 104 valence electrons. The highest BCUT2D eigenvalue weighted by atomic mass is 16.5. The number of fused-ring (bicyclic) bond motifs is 1. The number of benzene rings is 2. The topological polar surface area (TPSA) is 29.5 Å². The largest absolute Gasteiger partial charge is 0.494 e. The number of aliphatic hydroxyl groups is 1. The van der Waals surface area contributed by atoms with Crippen molar-refractivity contribution < 1.29 is 9.84 Å². The summed E-state index contributed by atoms with van der Waals surface area (Å²) in [6, 6.07) is 16.2. The van der Waals surface area contributed by atoms with Gasteiger partial charge in [-0.05, 0) is 48.6 Å². The summed E-state index contributed by atoms with van der Waals surface area (Å²) in [5.41, 5.74) is 2.85. The highest BCUT2D eigenvalue weighted by Gasteiger charge is 2.33. The maximum atomic E-state index is 11.0. The average molecular weight is 268 g/mol. The molecule has 0 saturated heterocycles. The lowest BCUT2D eigenvalue weighted by molar-refractivity contribution is 0.0222. The van der Waals surface area contributed by atoms with Gasteiger partial charge in [0.15, 0.2) is 0 Å². The lowest BCUT2D eigenvalue weighted by atomic mass is 9.76. The number of hydrogen-bond acceptors (Lipinski definition) is 2. The lowest BCUT2D eigenvalue weighted by Gasteiger charge is -2.34. The molecule has 0 aliphatic heterocycles. The van der Waals surface area contributed by atoms with Crippen molar-refractivity contribution in [1.29, 1.82) is 0 Å². The summed E-state index contributed by atoms with van der Waals surface area (Å²) >= 11 is 0. The molecular weight excluding hydrogens is 248 g/mol. The second-order valence-electron chi connectivity index (χ2n) is 5.43. The van der Waals surface area contributed by atoms with Crippen molar-refractivity contribution in [1.82, 2.24) is 0 Å². The summed E-state index contributed by atoms with van der Waals surface area (Å²) < 4.78 is 5.46. The average Bonchev–Trinajstić information content (AvgIpc) is 2.48. The molecule has 20 heavy (non-hydrogen) atoms. The zero-order valence-electron chi connectivity index (χ0n) is 11.8. The van der Waals surface area contributed by atoms with Crippen LogP contribution in [0.5, 0.6) is 5.75 Å². The van der Waals surface area contributed by atoms with E-state index in [2.05, 4.69) is 18.2 Å². The van der Waals surface area contributed by atoms with Crippen LogP contribution in [0, 0.1) is 0 Å². The molecule has 0 aromatic heterocycles. The third-order valence-electron chi connectivity index (χ3n) is 4.11. The normalized spacial score (nSPS) is 21.3. The monoisotopic (exact) mass is 268 g/mol. The molecule has 0 radical (unpaired) electrons. The summed E-state index contributed by atoms with van der Waals surface area (Å²) in [5, 5.41) is 11.0. The molecule has 0 spiro atoms. The van der Waals surface area contributed by atoms with Crippen LogP contribution in [0.4, 0.5) is 0 Å². The molecule has 1 atom stereocenters. The van der Waals surface area contributed by atoms with Crippen LogP contribution in [0.1, 0.15) is 30.0 Å². The van der Waals surface area contributed by atoms with E-state index in [1.54, 1.807) is 0 Å². The fourth-order valence-corrected chi connectivity index (χ4v) is 2.99. The first-order chi connectivity index (χ1) is 9.71. The van der Waals surface area contributed by atoms with E-state index in [1.165, 1.54) is 11.1 Å². The predicted octanol–water partition coefficient (Wildman–Crippen LogP) is 3.46. The summed E-state index contributed by atoms with van der Waals surface area (Å²) in [7, 11) is 0. The molecule has 2 nitrogen and oxygen atoms in total. The van der Waals surface area contributed by atoms with Gasteiger partial charge >= 0.3 is 0 Å². The van der Waals surface area contributed by atoms with Crippen LogP contribution >= 0.6 is 0 Å². The fourth-order valence-electron chi connectivity index (χ4n) is 2.99. The molecule has 1 N–H and O–H groups in total. The number of rotatable bonds is 3. The maximum Gasteiger partial charge on any atom is 0.119 e. The Morgan fingerprint density at radius 3 is 2.45 bits per heavy atom. The molecule has 0 heterocycles. The molecular formula is C18H20O2. The van der Waals surface area contributed by atoms with Crippen molar-refractivity contribution in [3.05, 3.63) is 65.2 Å². The van der Waals surface area contributed by atoms with Gasteiger partial charge in [-0.2, -0.15) is 0 Å². The van der Waals surface area contributed by atoms with Gasteiger partial charge in [0, 0.05) is 6.42 Å². The third kappa shape index (κ3) is 2.44. The standard InChI is InChI=1S/C18H20O2/c1-2-20-17-9-7-16(8-10-17)18(19)12-11-14-5-3-4-6-15(14)13-18/h3-10,19H,2,11-13H2,1H3. The Bertz CT molecular complexity index is 589. The minimum atomic E-state index is -0.751. The number of ether oxygens (including phenoxy) is 1. The Labute approximate surface area is 120 Å². The smallest absolute Gasteiger partial charge is 0.119 e. The Balaban J connectivity index is 1.86. The van der Waals surface area contributed by atoms with Crippen LogP contribution in [0.3, 0.4) is 0 Å². The molecule has 0 amide bonds. The van der Waals surface area contributed by atoms with Gasteiger partial charge in [0.05, 0.1) is 12.2 Å². The molecule has 0 bridgehead atoms. The number of hydrogen-bond donors (Lipinski definition) is 1. The lowest BCUT2D eigenvalue weighted by Crippen LogP contribution is -2.33. The van der Waals surface area contributed by atoms with E-state index < -0.39 is 5.60 Å². The van der Waals surface area contributed by atoms with Crippen molar-refractivity contribution in [3.63, 3.8) is 0 Å². The zero-order chi connectivity index (χ0) is 14.0. The summed E-state index contributed by atoms with van der Waals surface area (Å²) in [5.74, 6) is 0.857. The molecule has 2 aromatic carbocycles. The van der Waals surface area contributed by atoms with Crippen molar-refractivity contribution >= 4 is 0 Å². The van der Waals surface area contributed by atoms with Gasteiger partial charge in [0.1, 0.15) is 5.75 Å². The summed E-state index contributed by atoms with van der Waals surface area (Å²) in [4.78, 5) is 0. The molecule has 2 heteroatoms. The molecule has 2 aromatic rings. The zero-order valence-corrected chi connectivity index (χ0v) is 11.8. The van der Waals surface area contributed by atoms with Crippen LogP contribution in [-0.4, -0.2) is 11.7 Å². The Hall–Kier alpha value is -1.80. The number of aryl methyl sites for hydroxylation is 1. The van der Waals surface area contributed by atoms with Crippen molar-refractivity contribution in [2.75, 3.05) is 6.61 Å². The second kappa shape index (κ2) is 5.29. The van der Waals surface area contributed by atoms with Gasteiger partial charge in [-0.3, -0.25) is 0 Å². The van der Waals surface area contributed by atoms with E-state index in [0.29, 0.717) is 13.0 Å². The molecule has 0 fully saturated rings. The van der Waals surface area contributed by atoms with E-state index in [1.807, 2.05) is 37.3 Å². The Morgan fingerprint density at radius 2 is 1.75 bits per heavy atom. The Kier molecular flexibility index (Phi) is 3.49. The third-order valence-corrected chi connectivity index (χ3v) is 4.11. The van der Waals surface area contributed by atoms with E-state index >= 15 is 0 Å². The van der Waals surface area contributed by atoms with Crippen molar-refractivity contribution in [2.45, 2.75) is 31.8 Å². The van der Waals surface area contributed by atoms with Gasteiger partial charge in [0.2, 0.25) is 0 Å². The summed E-state index contributed by atoms with van der Waals surface area (Å²) in [6.07, 6.45) is 2.40. The van der Waals surface area contributed by atoms with Crippen molar-refractivity contribution in [3.8, 4) is 5.75 Å². The van der Waals surface area contributed by atoms with Gasteiger partial charge < -0.3 is 9.84 Å². The SMILES string of the molecule is CCOc1ccc(C2(O)CCc3ccccc3C2)cc1. The van der Waals surface area contributed by atoms with Gasteiger partial charge in [-0.15, -0.1) is 0 Å². The Morgan fingerprint density at radius 1 is 1.05 bits per heavy atom. The summed E-state index contributed by atoms with van der Waals surface area (Å²) in [6.45, 7) is 2.64. The molecule has 3 rings (SSSR count). The fraction of sp³-hybridized carbons (Fsp3) is 0.333. The first kappa shape index (κ1) is 13.2. The highest BCUT2D eigenvalue weighted by molar-refractivity contribution is 5.37. The van der Waals surface area contributed by atoms with Crippen LogP contribution in [0.15, 0.2) is 48.5 Å². The van der Waals surface area contributed by atoms with E-state index in [9.17, 15) is 5.11 Å². The molecule has 1 unspecified atom stereocenters. The van der Waals surface area contributed by atoms with Gasteiger partial charge in [-0.25, -0.2) is 0 Å². The minimum absolute atomic E-state index is 0.664. The molecule has 0 saturated carbocycles.